The van der Waals surface area contributed by atoms with Gasteiger partial charge in [-0.2, -0.15) is 0 Å². The number of hydrogen-bond acceptors (Lipinski definition) is 4. The summed E-state index contributed by atoms with van der Waals surface area (Å²) in [6.45, 7) is 8.02. The molecular weight excluding hydrogens is 424 g/mol. The average molecular weight is 459 g/mol. The largest absolute Gasteiger partial charge is 0.495 e. The second-order valence-corrected chi connectivity index (χ2v) is 9.97. The molecule has 1 saturated heterocycles. The summed E-state index contributed by atoms with van der Waals surface area (Å²) in [5.41, 5.74) is 6.70. The van der Waals surface area contributed by atoms with Crippen LogP contribution in [0, 0.1) is 6.92 Å². The fourth-order valence-corrected chi connectivity index (χ4v) is 6.34. The summed E-state index contributed by atoms with van der Waals surface area (Å²) in [7, 11) is 1.73. The normalized spacial score (nSPS) is 20.5. The standard InChI is InChI=1S/C28H34N4O2/c1-20-10-11-23-22(18-20)21-6-5-8-25-28(21)32(23)17-16-31(25)27(33)19-29-12-14-30(15-13-29)24-7-3-4-9-26(24)34-2/h3-4,7,9-11,18,25H,5-6,8,12-17,19H2,1-2H3/t25-/m1/s1. The Labute approximate surface area is 201 Å². The molecule has 0 N–H and O–H groups in total. The van der Waals surface area contributed by atoms with Crippen molar-refractivity contribution in [3.05, 3.63) is 59.3 Å². The Morgan fingerprint density at radius 3 is 2.68 bits per heavy atom. The van der Waals surface area contributed by atoms with Gasteiger partial charge in [-0.3, -0.25) is 9.69 Å². The Kier molecular flexibility index (Phi) is 5.48. The highest BCUT2D eigenvalue weighted by Gasteiger charge is 2.37. The Balaban J connectivity index is 1.16. The number of methoxy groups -OCH3 is 1. The number of rotatable bonds is 4. The molecule has 6 heteroatoms. The quantitative estimate of drug-likeness (QED) is 0.593. The predicted octanol–water partition coefficient (Wildman–Crippen LogP) is 4.00. The van der Waals surface area contributed by atoms with Gasteiger partial charge in [0, 0.05) is 55.9 Å². The molecule has 0 saturated carbocycles. The van der Waals surface area contributed by atoms with Gasteiger partial charge >= 0.3 is 0 Å². The predicted molar refractivity (Wildman–Crippen MR) is 136 cm³/mol. The SMILES string of the molecule is COc1ccccc1N1CCN(CC(=O)N2CCn3c4c(c5cc(C)ccc53)CCC[C@H]42)CC1. The van der Waals surface area contributed by atoms with Gasteiger partial charge in [0.1, 0.15) is 5.75 Å². The van der Waals surface area contributed by atoms with E-state index in [9.17, 15) is 4.79 Å². The maximum Gasteiger partial charge on any atom is 0.237 e. The fourth-order valence-electron chi connectivity index (χ4n) is 6.34. The molecule has 0 unspecified atom stereocenters. The van der Waals surface area contributed by atoms with Crippen molar-refractivity contribution in [1.82, 2.24) is 14.4 Å². The average Bonchev–Trinajstić information content (AvgIpc) is 3.19. The van der Waals surface area contributed by atoms with Crippen LogP contribution in [0.5, 0.6) is 5.75 Å². The number of fused-ring (bicyclic) bond motifs is 3. The number of piperazine rings is 1. The van der Waals surface area contributed by atoms with Crippen molar-refractivity contribution in [3.63, 3.8) is 0 Å². The first-order chi connectivity index (χ1) is 16.6. The molecule has 2 aliphatic heterocycles. The molecule has 3 aliphatic rings. The maximum absolute atomic E-state index is 13.5. The molecule has 1 aromatic heterocycles. The van der Waals surface area contributed by atoms with Crippen molar-refractivity contribution in [3.8, 4) is 5.75 Å². The third kappa shape index (κ3) is 3.56. The van der Waals surface area contributed by atoms with Crippen molar-refractivity contribution < 1.29 is 9.53 Å². The lowest BCUT2D eigenvalue weighted by Gasteiger charge is -2.42. The minimum Gasteiger partial charge on any atom is -0.495 e. The van der Waals surface area contributed by atoms with Gasteiger partial charge in [-0.1, -0.05) is 23.8 Å². The molecule has 1 amide bonds. The Hall–Kier alpha value is -2.99. The van der Waals surface area contributed by atoms with Gasteiger partial charge in [0.25, 0.3) is 0 Å². The van der Waals surface area contributed by atoms with E-state index in [1.54, 1.807) is 7.11 Å². The van der Waals surface area contributed by atoms with E-state index in [0.717, 1.165) is 70.0 Å². The van der Waals surface area contributed by atoms with Crippen molar-refractivity contribution in [1.29, 1.82) is 0 Å². The minimum atomic E-state index is 0.229. The zero-order valence-corrected chi connectivity index (χ0v) is 20.3. The molecule has 0 bridgehead atoms. The first-order valence-electron chi connectivity index (χ1n) is 12.7. The number of amides is 1. The number of aromatic nitrogens is 1. The van der Waals surface area contributed by atoms with Gasteiger partial charge in [-0.05, 0) is 56.0 Å². The molecule has 178 valence electrons. The number of carbonyl (C=O) groups is 1. The van der Waals surface area contributed by atoms with Crippen LogP contribution in [0.25, 0.3) is 10.9 Å². The highest BCUT2D eigenvalue weighted by molar-refractivity contribution is 5.88. The van der Waals surface area contributed by atoms with E-state index in [2.05, 4.69) is 56.5 Å². The van der Waals surface area contributed by atoms with Gasteiger partial charge in [0.2, 0.25) is 5.91 Å². The molecule has 2 aromatic carbocycles. The minimum absolute atomic E-state index is 0.229. The van der Waals surface area contributed by atoms with Crippen LogP contribution in [-0.2, 0) is 17.8 Å². The topological polar surface area (TPSA) is 41.0 Å². The van der Waals surface area contributed by atoms with Gasteiger partial charge in [-0.15, -0.1) is 0 Å². The van der Waals surface area contributed by atoms with Gasteiger partial charge in [-0.25, -0.2) is 0 Å². The number of benzene rings is 2. The molecule has 0 spiro atoms. The highest BCUT2D eigenvalue weighted by atomic mass is 16.5. The van der Waals surface area contributed by atoms with Crippen LogP contribution >= 0.6 is 0 Å². The van der Waals surface area contributed by atoms with E-state index in [4.69, 9.17) is 4.74 Å². The lowest BCUT2D eigenvalue weighted by Crippen LogP contribution is -2.52. The Morgan fingerprint density at radius 1 is 1.03 bits per heavy atom. The van der Waals surface area contributed by atoms with Gasteiger partial charge in [0.15, 0.2) is 0 Å². The summed E-state index contributed by atoms with van der Waals surface area (Å²) in [5, 5.41) is 1.40. The number of aryl methyl sites for hydroxylation is 2. The Bertz CT molecular complexity index is 1220. The van der Waals surface area contributed by atoms with E-state index in [-0.39, 0.29) is 11.9 Å². The van der Waals surface area contributed by atoms with Crippen LogP contribution in [0.4, 0.5) is 5.69 Å². The molecule has 0 radical (unpaired) electrons. The molecular formula is C28H34N4O2. The number of carbonyl (C=O) groups excluding carboxylic acids is 1. The highest BCUT2D eigenvalue weighted by Crippen LogP contribution is 2.42. The molecule has 3 aromatic rings. The fraction of sp³-hybridized carbons (Fsp3) is 0.464. The van der Waals surface area contributed by atoms with Crippen molar-refractivity contribution in [2.75, 3.05) is 51.3 Å². The van der Waals surface area contributed by atoms with Gasteiger partial charge in [0.05, 0.1) is 25.4 Å². The molecule has 1 aliphatic carbocycles. The van der Waals surface area contributed by atoms with Crippen LogP contribution in [0.2, 0.25) is 0 Å². The number of nitrogens with zero attached hydrogens (tertiary/aromatic N) is 4. The maximum atomic E-state index is 13.5. The van der Waals surface area contributed by atoms with Crippen molar-refractivity contribution in [2.45, 2.75) is 38.8 Å². The smallest absolute Gasteiger partial charge is 0.237 e. The lowest BCUT2D eigenvalue weighted by molar-refractivity contribution is -0.136. The second-order valence-electron chi connectivity index (χ2n) is 9.97. The van der Waals surface area contributed by atoms with Crippen molar-refractivity contribution in [2.24, 2.45) is 0 Å². The van der Waals surface area contributed by atoms with E-state index in [1.165, 1.54) is 27.7 Å². The third-order valence-corrected chi connectivity index (χ3v) is 8.01. The summed E-state index contributed by atoms with van der Waals surface area (Å²) in [6, 6.07) is 15.3. The summed E-state index contributed by atoms with van der Waals surface area (Å²) >= 11 is 0. The number of para-hydroxylation sites is 2. The van der Waals surface area contributed by atoms with E-state index < -0.39 is 0 Å². The number of anilines is 1. The summed E-state index contributed by atoms with van der Waals surface area (Å²) < 4.78 is 8.05. The zero-order chi connectivity index (χ0) is 23.2. The molecule has 6 nitrogen and oxygen atoms in total. The van der Waals surface area contributed by atoms with Gasteiger partial charge < -0.3 is 19.1 Å². The summed E-state index contributed by atoms with van der Waals surface area (Å²) in [4.78, 5) is 20.4. The molecule has 34 heavy (non-hydrogen) atoms. The summed E-state index contributed by atoms with van der Waals surface area (Å²) in [6.07, 6.45) is 3.37. The van der Waals surface area contributed by atoms with Crippen LogP contribution in [0.1, 0.15) is 35.7 Å². The molecule has 1 fully saturated rings. The van der Waals surface area contributed by atoms with Crippen molar-refractivity contribution >= 4 is 22.5 Å². The van der Waals surface area contributed by atoms with Crippen LogP contribution < -0.4 is 9.64 Å². The molecule has 6 rings (SSSR count). The number of hydrogen-bond donors (Lipinski definition) is 0. The third-order valence-electron chi connectivity index (χ3n) is 8.01. The molecule has 3 heterocycles. The van der Waals surface area contributed by atoms with Crippen LogP contribution in [0.15, 0.2) is 42.5 Å². The molecule has 1 atom stereocenters. The van der Waals surface area contributed by atoms with E-state index in [0.29, 0.717) is 6.54 Å². The summed E-state index contributed by atoms with van der Waals surface area (Å²) in [5.74, 6) is 1.20. The van der Waals surface area contributed by atoms with Crippen LogP contribution in [-0.4, -0.2) is 66.7 Å². The zero-order valence-electron chi connectivity index (χ0n) is 20.3. The number of ether oxygens (including phenoxy) is 1. The Morgan fingerprint density at radius 2 is 1.85 bits per heavy atom. The van der Waals surface area contributed by atoms with Crippen LogP contribution in [0.3, 0.4) is 0 Å². The van der Waals surface area contributed by atoms with E-state index >= 15 is 0 Å². The lowest BCUT2D eigenvalue weighted by atomic mass is 9.89. The van der Waals surface area contributed by atoms with E-state index in [1.807, 2.05) is 12.1 Å². The first kappa shape index (κ1) is 21.5. The monoisotopic (exact) mass is 458 g/mol. The first-order valence-corrected chi connectivity index (χ1v) is 12.7. The second kappa shape index (κ2) is 8.66.